The Morgan fingerprint density at radius 1 is 1.39 bits per heavy atom. The molecule has 0 radical (unpaired) electrons. The Morgan fingerprint density at radius 3 is 2.52 bits per heavy atom. The van der Waals surface area contributed by atoms with Gasteiger partial charge in [0.1, 0.15) is 10.8 Å². The Kier molecular flexibility index (Phi) is 4.61. The number of amides is 1. The minimum absolute atomic E-state index is 0.135. The van der Waals surface area contributed by atoms with E-state index in [9.17, 15) is 14.7 Å². The van der Waals surface area contributed by atoms with Crippen LogP contribution in [-0.4, -0.2) is 22.1 Å². The lowest BCUT2D eigenvalue weighted by molar-refractivity contribution is 0.0697. The summed E-state index contributed by atoms with van der Waals surface area (Å²) >= 11 is 1.26. The number of carboxylic acids is 1. The van der Waals surface area contributed by atoms with Gasteiger partial charge in [-0.2, -0.15) is 0 Å². The van der Waals surface area contributed by atoms with Crippen molar-refractivity contribution in [2.24, 2.45) is 0 Å². The number of carbonyl (C=O) groups excluding carboxylic acids is 1. The Bertz CT molecular complexity index is 753. The maximum absolute atomic E-state index is 12.3. The van der Waals surface area contributed by atoms with E-state index < -0.39 is 11.9 Å². The van der Waals surface area contributed by atoms with Crippen LogP contribution in [0, 0.1) is 6.92 Å². The predicted molar refractivity (Wildman–Crippen MR) is 88.5 cm³/mol. The normalized spacial score (nSPS) is 11.5. The van der Waals surface area contributed by atoms with Crippen LogP contribution in [0.25, 0.3) is 0 Å². The molecule has 0 unspecified atom stereocenters. The van der Waals surface area contributed by atoms with Gasteiger partial charge in [-0.05, 0) is 18.9 Å². The Morgan fingerprint density at radius 2 is 2.04 bits per heavy atom. The largest absolute Gasteiger partial charge is 0.478 e. The molecular formula is C16H20N2O4S. The summed E-state index contributed by atoms with van der Waals surface area (Å²) in [5, 5.41) is 16.2. The fraction of sp³-hybridized carbons (Fsp3) is 0.438. The van der Waals surface area contributed by atoms with Gasteiger partial charge in [-0.3, -0.25) is 4.79 Å². The van der Waals surface area contributed by atoms with Crippen LogP contribution in [-0.2, 0) is 11.8 Å². The van der Waals surface area contributed by atoms with Gasteiger partial charge >= 0.3 is 5.97 Å². The fourth-order valence-electron chi connectivity index (χ4n) is 2.22. The van der Waals surface area contributed by atoms with Crippen LogP contribution in [0.5, 0.6) is 0 Å². The zero-order chi connectivity index (χ0) is 17.4. The van der Waals surface area contributed by atoms with Crippen molar-refractivity contribution in [2.45, 2.75) is 46.5 Å². The topological polar surface area (TPSA) is 92.4 Å². The molecule has 0 saturated heterocycles. The molecule has 2 aromatic rings. The van der Waals surface area contributed by atoms with Crippen LogP contribution in [0.1, 0.15) is 64.7 Å². The summed E-state index contributed by atoms with van der Waals surface area (Å²) in [7, 11) is 0. The molecule has 0 saturated carbocycles. The lowest BCUT2D eigenvalue weighted by Gasteiger charge is -2.12. The monoisotopic (exact) mass is 336 g/mol. The summed E-state index contributed by atoms with van der Waals surface area (Å²) in [6.07, 6.45) is 0.595. The summed E-state index contributed by atoms with van der Waals surface area (Å²) in [5.74, 6) is -0.926. The first-order valence-corrected chi connectivity index (χ1v) is 8.10. The van der Waals surface area contributed by atoms with Crippen molar-refractivity contribution < 1.29 is 19.2 Å². The zero-order valence-electron chi connectivity index (χ0n) is 13.8. The number of hydrogen-bond acceptors (Lipinski definition) is 5. The number of nitrogens with zero attached hydrogens (tertiary/aromatic N) is 1. The van der Waals surface area contributed by atoms with Crippen LogP contribution < -0.4 is 5.32 Å². The number of nitrogens with one attached hydrogen (secondary N) is 1. The molecule has 6 nitrogen and oxygen atoms in total. The van der Waals surface area contributed by atoms with Crippen molar-refractivity contribution in [1.82, 2.24) is 5.16 Å². The van der Waals surface area contributed by atoms with Crippen molar-refractivity contribution in [3.05, 3.63) is 33.5 Å². The lowest BCUT2D eigenvalue weighted by Crippen LogP contribution is -2.14. The summed E-state index contributed by atoms with van der Waals surface area (Å²) < 4.78 is 5.19. The van der Waals surface area contributed by atoms with E-state index in [1.807, 2.05) is 34.6 Å². The molecule has 0 aliphatic rings. The van der Waals surface area contributed by atoms with E-state index in [1.54, 1.807) is 6.07 Å². The van der Waals surface area contributed by atoms with E-state index in [2.05, 4.69) is 10.5 Å². The Labute approximate surface area is 138 Å². The average molecular weight is 336 g/mol. The zero-order valence-corrected chi connectivity index (χ0v) is 14.6. The molecular weight excluding hydrogens is 316 g/mol. The number of hydrogen-bond donors (Lipinski definition) is 2. The molecule has 0 spiro atoms. The molecule has 2 N–H and O–H groups in total. The third-order valence-electron chi connectivity index (χ3n) is 3.49. The van der Waals surface area contributed by atoms with Crippen LogP contribution in [0.3, 0.4) is 0 Å². The standard InChI is InChI=1S/C16H20N2O4S/c1-6-9-8(2)23-14(12(9)15(20)21)17-13(19)10-7-11(22-18-10)16(3,4)5/h7H,6H2,1-5H3,(H,17,19)(H,20,21). The molecule has 7 heteroatoms. The molecule has 0 fully saturated rings. The molecule has 2 heterocycles. The smallest absolute Gasteiger partial charge is 0.339 e. The maximum atomic E-state index is 12.3. The number of aromatic carboxylic acids is 1. The van der Waals surface area contributed by atoms with Gasteiger partial charge in [0.2, 0.25) is 0 Å². The maximum Gasteiger partial charge on any atom is 0.339 e. The molecule has 0 aromatic carbocycles. The van der Waals surface area contributed by atoms with E-state index in [4.69, 9.17) is 4.52 Å². The summed E-state index contributed by atoms with van der Waals surface area (Å²) in [6.45, 7) is 9.59. The van der Waals surface area contributed by atoms with Crippen molar-refractivity contribution in [2.75, 3.05) is 5.32 Å². The van der Waals surface area contributed by atoms with Crippen molar-refractivity contribution in [3.8, 4) is 0 Å². The van der Waals surface area contributed by atoms with Crippen molar-refractivity contribution in [3.63, 3.8) is 0 Å². The molecule has 0 atom stereocenters. The number of thiophene rings is 1. The van der Waals surface area contributed by atoms with E-state index in [0.717, 1.165) is 10.4 Å². The minimum atomic E-state index is -1.04. The van der Waals surface area contributed by atoms with Crippen LogP contribution in [0.2, 0.25) is 0 Å². The van der Waals surface area contributed by atoms with Crippen LogP contribution >= 0.6 is 11.3 Å². The van der Waals surface area contributed by atoms with Gasteiger partial charge in [0, 0.05) is 16.4 Å². The summed E-state index contributed by atoms with van der Waals surface area (Å²) in [5.41, 5.74) is 0.777. The molecule has 0 bridgehead atoms. The third-order valence-corrected chi connectivity index (χ3v) is 4.55. The van der Waals surface area contributed by atoms with Gasteiger partial charge in [0.15, 0.2) is 5.69 Å². The number of aryl methyl sites for hydroxylation is 1. The number of aromatic nitrogens is 1. The first kappa shape index (κ1) is 17.2. The lowest BCUT2D eigenvalue weighted by atomic mass is 9.93. The number of carboxylic acid groups (broad SMARTS) is 1. The highest BCUT2D eigenvalue weighted by molar-refractivity contribution is 7.16. The molecule has 23 heavy (non-hydrogen) atoms. The molecule has 0 aliphatic carbocycles. The second-order valence-corrected chi connectivity index (χ2v) is 7.50. The Balaban J connectivity index is 2.31. The molecule has 0 aliphatic heterocycles. The number of rotatable bonds is 4. The van der Waals surface area contributed by atoms with E-state index in [0.29, 0.717) is 17.2 Å². The second kappa shape index (κ2) is 6.16. The number of carbonyl (C=O) groups is 2. The predicted octanol–water partition coefficient (Wildman–Crippen LogP) is 3.85. The van der Waals surface area contributed by atoms with Crippen molar-refractivity contribution in [1.29, 1.82) is 0 Å². The highest BCUT2D eigenvalue weighted by Crippen LogP contribution is 2.34. The molecule has 1 amide bonds. The van der Waals surface area contributed by atoms with Gasteiger partial charge < -0.3 is 14.9 Å². The van der Waals surface area contributed by atoms with E-state index >= 15 is 0 Å². The van der Waals surface area contributed by atoms with Gasteiger partial charge in [0.25, 0.3) is 5.91 Å². The van der Waals surface area contributed by atoms with Gasteiger partial charge in [0.05, 0.1) is 5.56 Å². The molecule has 124 valence electrons. The SMILES string of the molecule is CCc1c(C)sc(NC(=O)c2cc(C(C)(C)C)on2)c1C(=O)O. The fourth-order valence-corrected chi connectivity index (χ4v) is 3.35. The highest BCUT2D eigenvalue weighted by Gasteiger charge is 2.25. The average Bonchev–Trinajstić information content (AvgIpc) is 3.02. The summed E-state index contributed by atoms with van der Waals surface area (Å²) in [4.78, 5) is 24.7. The van der Waals surface area contributed by atoms with Gasteiger partial charge in [-0.15, -0.1) is 11.3 Å². The minimum Gasteiger partial charge on any atom is -0.478 e. The third kappa shape index (κ3) is 3.44. The highest BCUT2D eigenvalue weighted by atomic mass is 32.1. The first-order valence-electron chi connectivity index (χ1n) is 7.29. The van der Waals surface area contributed by atoms with Crippen LogP contribution in [0.4, 0.5) is 5.00 Å². The van der Waals surface area contributed by atoms with Crippen LogP contribution in [0.15, 0.2) is 10.6 Å². The quantitative estimate of drug-likeness (QED) is 0.884. The molecule has 2 rings (SSSR count). The number of anilines is 1. The molecule has 2 aromatic heterocycles. The first-order chi connectivity index (χ1) is 10.6. The Hall–Kier alpha value is -2.15. The van der Waals surface area contributed by atoms with Gasteiger partial charge in [-0.25, -0.2) is 4.79 Å². The van der Waals surface area contributed by atoms with E-state index in [1.165, 1.54) is 11.3 Å². The second-order valence-electron chi connectivity index (χ2n) is 6.28. The summed E-state index contributed by atoms with van der Waals surface area (Å²) in [6, 6.07) is 1.58. The van der Waals surface area contributed by atoms with E-state index in [-0.39, 0.29) is 16.7 Å². The van der Waals surface area contributed by atoms with Crippen molar-refractivity contribution >= 4 is 28.2 Å². The van der Waals surface area contributed by atoms with Gasteiger partial charge in [-0.1, -0.05) is 32.9 Å².